The molecule has 1 amide bonds. The van der Waals surface area contributed by atoms with Crippen LogP contribution in [0.3, 0.4) is 0 Å². The smallest absolute Gasteiger partial charge is 0.407 e. The van der Waals surface area contributed by atoms with Crippen LogP contribution in [0.5, 0.6) is 0 Å². The van der Waals surface area contributed by atoms with Crippen LogP contribution >= 0.6 is 0 Å². The molecule has 0 aromatic carbocycles. The third-order valence-electron chi connectivity index (χ3n) is 3.77. The monoisotopic (exact) mass is 282 g/mol. The van der Waals surface area contributed by atoms with E-state index in [1.54, 1.807) is 0 Å². The molecule has 2 aliphatic rings. The fourth-order valence-electron chi connectivity index (χ4n) is 2.59. The molecule has 2 aliphatic heterocycles. The van der Waals surface area contributed by atoms with Crippen molar-refractivity contribution in [1.29, 1.82) is 5.26 Å². The number of amides is 1. The van der Waals surface area contributed by atoms with Crippen LogP contribution in [0.15, 0.2) is 0 Å². The predicted octanol–water partition coefficient (Wildman–Crippen LogP) is 2.12. The number of nitrogens with one attached hydrogen (secondary N) is 1. The average Bonchev–Trinajstić information content (AvgIpc) is 2.85. The second-order valence-electron chi connectivity index (χ2n) is 6.62. The lowest BCUT2D eigenvalue weighted by atomic mass is 9.87. The molecular formula is C13H22N2O3Si. The molecule has 0 radical (unpaired) electrons. The molecule has 106 valence electrons. The van der Waals surface area contributed by atoms with Gasteiger partial charge in [-0.1, -0.05) is 19.6 Å². The van der Waals surface area contributed by atoms with Crippen molar-refractivity contribution in [2.75, 3.05) is 6.61 Å². The lowest BCUT2D eigenvalue weighted by molar-refractivity contribution is 0.0900. The molecule has 1 N–H and O–H groups in total. The SMILES string of the molecule is C[Si](C)(C)CCOC(=O)NC1CC2OC1CC2C#N. The summed E-state index contributed by atoms with van der Waals surface area (Å²) in [6.45, 7) is 7.24. The van der Waals surface area contributed by atoms with Crippen molar-refractivity contribution in [1.82, 2.24) is 5.32 Å². The van der Waals surface area contributed by atoms with E-state index in [-0.39, 0.29) is 30.3 Å². The molecule has 6 heteroatoms. The van der Waals surface area contributed by atoms with Crippen LogP contribution < -0.4 is 5.32 Å². The molecule has 2 fully saturated rings. The van der Waals surface area contributed by atoms with Gasteiger partial charge in [-0.05, 0) is 18.9 Å². The Hall–Kier alpha value is -1.06. The number of rotatable bonds is 4. The number of hydrogen-bond acceptors (Lipinski definition) is 4. The first kappa shape index (κ1) is 14.3. The lowest BCUT2D eigenvalue weighted by Gasteiger charge is -2.22. The van der Waals surface area contributed by atoms with Gasteiger partial charge in [0.1, 0.15) is 0 Å². The first-order valence-electron chi connectivity index (χ1n) is 6.87. The summed E-state index contributed by atoms with van der Waals surface area (Å²) in [6, 6.07) is 3.24. The molecular weight excluding hydrogens is 260 g/mol. The Morgan fingerprint density at radius 2 is 2.16 bits per heavy atom. The molecule has 2 rings (SSSR count). The number of carbonyl (C=O) groups excluding carboxylic acids is 1. The molecule has 4 atom stereocenters. The molecule has 2 bridgehead atoms. The van der Waals surface area contributed by atoms with E-state index in [4.69, 9.17) is 14.7 Å². The van der Waals surface area contributed by atoms with Gasteiger partial charge in [-0.2, -0.15) is 5.26 Å². The molecule has 0 aromatic heterocycles. The number of alkyl carbamates (subject to hydrolysis) is 1. The number of carbonyl (C=O) groups is 1. The molecule has 0 saturated carbocycles. The Kier molecular flexibility index (Phi) is 4.16. The van der Waals surface area contributed by atoms with Crippen molar-refractivity contribution >= 4 is 14.2 Å². The summed E-state index contributed by atoms with van der Waals surface area (Å²) >= 11 is 0. The Balaban J connectivity index is 1.69. The van der Waals surface area contributed by atoms with Gasteiger partial charge in [0.2, 0.25) is 0 Å². The molecule has 0 aliphatic carbocycles. The quantitative estimate of drug-likeness (QED) is 0.802. The van der Waals surface area contributed by atoms with Crippen LogP contribution in [0.4, 0.5) is 4.79 Å². The normalized spacial score (nSPS) is 32.9. The van der Waals surface area contributed by atoms with Crippen molar-refractivity contribution in [3.63, 3.8) is 0 Å². The number of fused-ring (bicyclic) bond motifs is 2. The van der Waals surface area contributed by atoms with Crippen molar-refractivity contribution in [2.45, 2.75) is 56.8 Å². The Labute approximate surface area is 115 Å². The van der Waals surface area contributed by atoms with Crippen LogP contribution in [0.25, 0.3) is 0 Å². The van der Waals surface area contributed by atoms with Crippen molar-refractivity contribution in [3.05, 3.63) is 0 Å². The second kappa shape index (κ2) is 5.51. The highest BCUT2D eigenvalue weighted by Crippen LogP contribution is 2.38. The van der Waals surface area contributed by atoms with E-state index in [0.29, 0.717) is 6.61 Å². The van der Waals surface area contributed by atoms with E-state index < -0.39 is 8.07 Å². The summed E-state index contributed by atoms with van der Waals surface area (Å²) in [5, 5.41) is 11.8. The van der Waals surface area contributed by atoms with E-state index in [0.717, 1.165) is 18.9 Å². The van der Waals surface area contributed by atoms with Gasteiger partial charge >= 0.3 is 6.09 Å². The van der Waals surface area contributed by atoms with Gasteiger partial charge in [-0.25, -0.2) is 4.79 Å². The molecule has 0 aromatic rings. The number of ether oxygens (including phenoxy) is 2. The first-order valence-corrected chi connectivity index (χ1v) is 10.6. The standard InChI is InChI=1S/C13H22N2O3Si/c1-19(2,3)5-4-17-13(16)15-10-7-11-9(8-14)6-12(10)18-11/h9-12H,4-7H2,1-3H3,(H,15,16). The van der Waals surface area contributed by atoms with Crippen LogP contribution in [-0.4, -0.2) is 39.0 Å². The highest BCUT2D eigenvalue weighted by atomic mass is 28.3. The maximum atomic E-state index is 11.7. The zero-order valence-corrected chi connectivity index (χ0v) is 12.8. The lowest BCUT2D eigenvalue weighted by Crippen LogP contribution is -2.43. The van der Waals surface area contributed by atoms with E-state index in [1.165, 1.54) is 0 Å². The van der Waals surface area contributed by atoms with Gasteiger partial charge in [0, 0.05) is 8.07 Å². The maximum absolute atomic E-state index is 11.7. The summed E-state index contributed by atoms with van der Waals surface area (Å²) in [7, 11) is -1.16. The minimum atomic E-state index is -1.16. The Morgan fingerprint density at radius 3 is 2.68 bits per heavy atom. The van der Waals surface area contributed by atoms with Gasteiger partial charge in [0.15, 0.2) is 0 Å². The predicted molar refractivity (Wildman–Crippen MR) is 73.4 cm³/mol. The fourth-order valence-corrected chi connectivity index (χ4v) is 3.30. The van der Waals surface area contributed by atoms with Gasteiger partial charge in [-0.3, -0.25) is 0 Å². The number of nitriles is 1. The molecule has 19 heavy (non-hydrogen) atoms. The summed E-state index contributed by atoms with van der Waals surface area (Å²) in [5.74, 6) is -0.00837. The molecule has 0 spiro atoms. The van der Waals surface area contributed by atoms with Gasteiger partial charge in [0.25, 0.3) is 0 Å². The zero-order chi connectivity index (χ0) is 14.0. The minimum Gasteiger partial charge on any atom is -0.450 e. The highest BCUT2D eigenvalue weighted by Gasteiger charge is 2.48. The topological polar surface area (TPSA) is 71.3 Å². The largest absolute Gasteiger partial charge is 0.450 e. The van der Waals surface area contributed by atoms with Gasteiger partial charge in [0.05, 0.1) is 36.8 Å². The maximum Gasteiger partial charge on any atom is 0.407 e. The number of nitrogens with zero attached hydrogens (tertiary/aromatic N) is 1. The Morgan fingerprint density at radius 1 is 1.42 bits per heavy atom. The third-order valence-corrected chi connectivity index (χ3v) is 5.48. The number of hydrogen-bond donors (Lipinski definition) is 1. The molecule has 5 nitrogen and oxygen atoms in total. The van der Waals surface area contributed by atoms with Crippen LogP contribution in [0.1, 0.15) is 12.8 Å². The first-order chi connectivity index (χ1) is 8.89. The van der Waals surface area contributed by atoms with Crippen LogP contribution in [0, 0.1) is 17.2 Å². The van der Waals surface area contributed by atoms with Gasteiger partial charge < -0.3 is 14.8 Å². The summed E-state index contributed by atoms with van der Waals surface area (Å²) in [6.07, 6.45) is 1.07. The van der Waals surface area contributed by atoms with Crippen LogP contribution in [-0.2, 0) is 9.47 Å². The van der Waals surface area contributed by atoms with Crippen molar-refractivity contribution in [2.24, 2.45) is 5.92 Å². The van der Waals surface area contributed by atoms with E-state index in [2.05, 4.69) is 31.0 Å². The summed E-state index contributed by atoms with van der Waals surface area (Å²) < 4.78 is 10.9. The fraction of sp³-hybridized carbons (Fsp3) is 0.846. The van der Waals surface area contributed by atoms with E-state index in [9.17, 15) is 4.79 Å². The molecule has 2 saturated heterocycles. The Bertz CT molecular complexity index is 388. The highest BCUT2D eigenvalue weighted by molar-refractivity contribution is 6.76. The van der Waals surface area contributed by atoms with Crippen molar-refractivity contribution in [3.8, 4) is 6.07 Å². The summed E-state index contributed by atoms with van der Waals surface area (Å²) in [4.78, 5) is 11.7. The zero-order valence-electron chi connectivity index (χ0n) is 11.8. The minimum absolute atomic E-state index is 0.00832. The second-order valence-corrected chi connectivity index (χ2v) is 12.2. The summed E-state index contributed by atoms with van der Waals surface area (Å²) in [5.41, 5.74) is 0. The third kappa shape index (κ3) is 3.70. The van der Waals surface area contributed by atoms with Gasteiger partial charge in [-0.15, -0.1) is 0 Å². The average molecular weight is 282 g/mol. The van der Waals surface area contributed by atoms with E-state index in [1.807, 2.05) is 0 Å². The molecule has 4 unspecified atom stereocenters. The van der Waals surface area contributed by atoms with Crippen molar-refractivity contribution < 1.29 is 14.3 Å². The molecule has 2 heterocycles. The van der Waals surface area contributed by atoms with E-state index >= 15 is 0 Å². The van der Waals surface area contributed by atoms with Crippen LogP contribution in [0.2, 0.25) is 25.7 Å².